The Bertz CT molecular complexity index is 979. The molecule has 0 saturated heterocycles. The minimum absolute atomic E-state index is 0.0118. The molecule has 0 bridgehead atoms. The van der Waals surface area contributed by atoms with Crippen LogP contribution < -0.4 is 9.47 Å². The molecule has 3 rings (SSSR count). The Morgan fingerprint density at radius 2 is 1.56 bits per heavy atom. The Morgan fingerprint density at radius 1 is 0.941 bits per heavy atom. The molecule has 0 spiro atoms. The van der Waals surface area contributed by atoms with Crippen molar-refractivity contribution in [3.8, 4) is 11.5 Å². The second-order valence-electron chi connectivity index (χ2n) is 8.62. The first kappa shape index (κ1) is 25.9. The number of carbonyl (C=O) groups excluding carboxylic acids is 1. The Kier molecular flexibility index (Phi) is 8.49. The third-order valence-corrected chi connectivity index (χ3v) is 6.03. The van der Waals surface area contributed by atoms with Crippen molar-refractivity contribution in [1.82, 2.24) is 0 Å². The number of aryl methyl sites for hydroxylation is 1. The van der Waals surface area contributed by atoms with Crippen LogP contribution >= 0.6 is 0 Å². The van der Waals surface area contributed by atoms with Crippen LogP contribution in [0.1, 0.15) is 57.4 Å². The van der Waals surface area contributed by atoms with Gasteiger partial charge in [0.05, 0.1) is 12.3 Å². The maximum absolute atomic E-state index is 14.4. The number of esters is 1. The normalized spacial score (nSPS) is 18.6. The molecule has 1 saturated carbocycles. The van der Waals surface area contributed by atoms with Gasteiger partial charge in [0, 0.05) is 18.2 Å². The van der Waals surface area contributed by atoms with E-state index in [2.05, 4.69) is 11.7 Å². The molecular weight excluding hydrogens is 462 g/mol. The quantitative estimate of drug-likeness (QED) is 0.160. The van der Waals surface area contributed by atoms with E-state index in [1.807, 2.05) is 0 Å². The van der Waals surface area contributed by atoms with Crippen molar-refractivity contribution in [3.05, 3.63) is 59.2 Å². The van der Waals surface area contributed by atoms with Gasteiger partial charge in [-0.25, -0.2) is 17.6 Å². The summed E-state index contributed by atoms with van der Waals surface area (Å²) in [5, 5.41) is 0. The van der Waals surface area contributed by atoms with Crippen LogP contribution in [0.5, 0.6) is 11.5 Å². The summed E-state index contributed by atoms with van der Waals surface area (Å²) >= 11 is 0. The first-order valence-electron chi connectivity index (χ1n) is 11.3. The smallest absolute Gasteiger partial charge is 0.398 e. The zero-order valence-corrected chi connectivity index (χ0v) is 18.7. The molecule has 1 aliphatic rings. The molecule has 0 unspecified atom stereocenters. The summed E-state index contributed by atoms with van der Waals surface area (Å²) in [7, 11) is 0. The van der Waals surface area contributed by atoms with Gasteiger partial charge in [-0.15, -0.1) is 0 Å². The predicted molar refractivity (Wildman–Crippen MR) is 113 cm³/mol. The van der Waals surface area contributed by atoms with E-state index in [-0.39, 0.29) is 17.2 Å². The van der Waals surface area contributed by atoms with E-state index in [9.17, 15) is 31.1 Å². The Balaban J connectivity index is 1.54. The standard InChI is InChI=1S/C25H26F6O3/c1-2-3-15-4-6-17(7-5-15)24(32)33-18-9-8-16(20(26)12-18)10-11-25(30,31)34-19-13-21(27)23(29)22(28)14-19/h8-9,12-15,17H,2-7,10-11H2,1H3. The SMILES string of the molecule is CCCC1CCC(C(=O)Oc2ccc(CCC(F)(F)Oc3cc(F)c(F)c(F)c3)c(F)c2)CC1. The van der Waals surface area contributed by atoms with Crippen molar-refractivity contribution in [3.63, 3.8) is 0 Å². The average Bonchev–Trinajstić information content (AvgIpc) is 2.77. The highest BCUT2D eigenvalue weighted by Crippen LogP contribution is 2.33. The van der Waals surface area contributed by atoms with E-state index < -0.39 is 53.9 Å². The van der Waals surface area contributed by atoms with Gasteiger partial charge in [-0.2, -0.15) is 8.78 Å². The second kappa shape index (κ2) is 11.1. The number of rotatable bonds is 9. The van der Waals surface area contributed by atoms with Crippen LogP contribution in [0, 0.1) is 35.1 Å². The van der Waals surface area contributed by atoms with Gasteiger partial charge >= 0.3 is 12.1 Å². The molecule has 1 fully saturated rings. The Labute approximate surface area is 194 Å². The lowest BCUT2D eigenvalue weighted by molar-refractivity contribution is -0.180. The van der Waals surface area contributed by atoms with Gasteiger partial charge in [0.25, 0.3) is 0 Å². The number of ether oxygens (including phenoxy) is 2. The predicted octanol–water partition coefficient (Wildman–Crippen LogP) is 7.36. The summed E-state index contributed by atoms with van der Waals surface area (Å²) in [6.07, 6.45) is 0.212. The van der Waals surface area contributed by atoms with E-state index in [4.69, 9.17) is 4.74 Å². The third-order valence-electron chi connectivity index (χ3n) is 6.03. The summed E-state index contributed by atoms with van der Waals surface area (Å²) in [6, 6.07) is 4.10. The molecule has 0 atom stereocenters. The van der Waals surface area contributed by atoms with Gasteiger partial charge in [-0.1, -0.05) is 25.8 Å². The van der Waals surface area contributed by atoms with E-state index in [0.29, 0.717) is 18.1 Å². The second-order valence-corrected chi connectivity index (χ2v) is 8.62. The molecule has 0 heterocycles. The highest BCUT2D eigenvalue weighted by Gasteiger charge is 2.33. The monoisotopic (exact) mass is 488 g/mol. The Hall–Kier alpha value is -2.71. The molecule has 2 aromatic rings. The summed E-state index contributed by atoms with van der Waals surface area (Å²) < 4.78 is 91.4. The van der Waals surface area contributed by atoms with Crippen LogP contribution in [0.3, 0.4) is 0 Å². The minimum atomic E-state index is -3.90. The fourth-order valence-corrected chi connectivity index (χ4v) is 4.18. The van der Waals surface area contributed by atoms with Crippen LogP contribution in [-0.4, -0.2) is 12.1 Å². The van der Waals surface area contributed by atoms with Crippen molar-refractivity contribution in [1.29, 1.82) is 0 Å². The van der Waals surface area contributed by atoms with Crippen LogP contribution in [0.15, 0.2) is 30.3 Å². The molecule has 2 aromatic carbocycles. The molecule has 0 N–H and O–H groups in total. The number of hydrogen-bond donors (Lipinski definition) is 0. The van der Waals surface area contributed by atoms with Gasteiger partial charge in [0.2, 0.25) is 0 Å². The van der Waals surface area contributed by atoms with E-state index >= 15 is 0 Å². The lowest BCUT2D eigenvalue weighted by Crippen LogP contribution is -2.26. The summed E-state index contributed by atoms with van der Waals surface area (Å²) in [6.45, 7) is 2.13. The number of hydrogen-bond acceptors (Lipinski definition) is 3. The van der Waals surface area contributed by atoms with Crippen molar-refractivity contribution >= 4 is 5.97 Å². The van der Waals surface area contributed by atoms with Crippen LogP contribution in [0.2, 0.25) is 0 Å². The number of benzene rings is 2. The largest absolute Gasteiger partial charge is 0.432 e. The lowest BCUT2D eigenvalue weighted by Gasteiger charge is -2.26. The van der Waals surface area contributed by atoms with Gasteiger partial charge in [-0.05, 0) is 49.7 Å². The van der Waals surface area contributed by atoms with Gasteiger partial charge in [0.15, 0.2) is 17.5 Å². The highest BCUT2D eigenvalue weighted by molar-refractivity contribution is 5.75. The number of halogens is 6. The van der Waals surface area contributed by atoms with Gasteiger partial charge in [0.1, 0.15) is 17.3 Å². The summed E-state index contributed by atoms with van der Waals surface area (Å²) in [5.74, 6) is -6.95. The maximum Gasteiger partial charge on any atom is 0.398 e. The zero-order chi connectivity index (χ0) is 24.9. The first-order valence-corrected chi connectivity index (χ1v) is 11.3. The molecule has 0 radical (unpaired) electrons. The molecule has 3 nitrogen and oxygen atoms in total. The molecule has 186 valence electrons. The molecule has 0 aromatic heterocycles. The Morgan fingerprint density at radius 3 is 2.15 bits per heavy atom. The maximum atomic E-state index is 14.4. The zero-order valence-electron chi connectivity index (χ0n) is 18.7. The fraction of sp³-hybridized carbons (Fsp3) is 0.480. The molecule has 9 heteroatoms. The molecular formula is C25H26F6O3. The van der Waals surface area contributed by atoms with Gasteiger partial charge < -0.3 is 9.47 Å². The number of alkyl halides is 2. The summed E-state index contributed by atoms with van der Waals surface area (Å²) in [5.41, 5.74) is -0.0837. The van der Waals surface area contributed by atoms with Crippen molar-refractivity contribution in [2.45, 2.75) is 64.4 Å². The molecule has 0 aliphatic heterocycles. The van der Waals surface area contributed by atoms with E-state index in [1.54, 1.807) is 0 Å². The van der Waals surface area contributed by atoms with Crippen molar-refractivity contribution in [2.24, 2.45) is 11.8 Å². The van der Waals surface area contributed by atoms with Crippen LogP contribution in [0.25, 0.3) is 0 Å². The minimum Gasteiger partial charge on any atom is -0.432 e. The molecule has 1 aliphatic carbocycles. The van der Waals surface area contributed by atoms with Crippen molar-refractivity contribution < 1.29 is 40.6 Å². The lowest BCUT2D eigenvalue weighted by atomic mass is 9.80. The average molecular weight is 488 g/mol. The van der Waals surface area contributed by atoms with E-state index in [0.717, 1.165) is 44.6 Å². The van der Waals surface area contributed by atoms with E-state index in [1.165, 1.54) is 12.1 Å². The molecule has 34 heavy (non-hydrogen) atoms. The summed E-state index contributed by atoms with van der Waals surface area (Å²) in [4.78, 5) is 12.4. The van der Waals surface area contributed by atoms with Crippen molar-refractivity contribution in [2.75, 3.05) is 0 Å². The van der Waals surface area contributed by atoms with Crippen LogP contribution in [-0.2, 0) is 11.2 Å². The fourth-order valence-electron chi connectivity index (χ4n) is 4.18. The topological polar surface area (TPSA) is 35.5 Å². The van der Waals surface area contributed by atoms with Gasteiger partial charge in [-0.3, -0.25) is 4.79 Å². The highest BCUT2D eigenvalue weighted by atomic mass is 19.3. The first-order chi connectivity index (χ1) is 16.1. The number of carbonyl (C=O) groups is 1. The van der Waals surface area contributed by atoms with Crippen LogP contribution in [0.4, 0.5) is 26.3 Å². The third kappa shape index (κ3) is 6.90. The molecule has 0 amide bonds.